The molecule has 3 heteroatoms. The summed E-state index contributed by atoms with van der Waals surface area (Å²) >= 11 is 0. The number of hydrogen-bond acceptors (Lipinski definition) is 3. The van der Waals surface area contributed by atoms with Gasteiger partial charge in [0, 0.05) is 45.2 Å². The third kappa shape index (κ3) is 4.46. The van der Waals surface area contributed by atoms with Crippen LogP contribution in [0, 0.1) is 5.92 Å². The second-order valence-corrected chi connectivity index (χ2v) is 10.2. The van der Waals surface area contributed by atoms with Crippen LogP contribution in [0.5, 0.6) is 0 Å². The summed E-state index contributed by atoms with van der Waals surface area (Å²) in [6.45, 7) is 0. The fourth-order valence-corrected chi connectivity index (χ4v) is 5.81. The van der Waals surface area contributed by atoms with Crippen molar-refractivity contribution in [3.05, 3.63) is 139 Å². The predicted molar refractivity (Wildman–Crippen MR) is 164 cm³/mol. The largest absolute Gasteiger partial charge is 0.310 e. The van der Waals surface area contributed by atoms with Gasteiger partial charge in [-0.25, -0.2) is 4.98 Å². The molecule has 2 heterocycles. The van der Waals surface area contributed by atoms with E-state index in [1.54, 1.807) is 0 Å². The van der Waals surface area contributed by atoms with Crippen LogP contribution in [0.4, 0.5) is 22.7 Å². The number of aromatic nitrogens is 1. The molecule has 0 saturated carbocycles. The minimum Gasteiger partial charge on any atom is -0.310 e. The maximum atomic E-state index is 5.28. The van der Waals surface area contributed by atoms with Crippen LogP contribution >= 0.6 is 0 Å². The van der Waals surface area contributed by atoms with Gasteiger partial charge in [-0.3, -0.25) is 4.99 Å². The van der Waals surface area contributed by atoms with Crippen molar-refractivity contribution in [1.82, 2.24) is 4.98 Å². The van der Waals surface area contributed by atoms with Crippen LogP contribution in [-0.2, 0) is 6.42 Å². The number of aliphatic imine (C=N–C) groups is 1. The quantitative estimate of drug-likeness (QED) is 0.244. The van der Waals surface area contributed by atoms with Crippen molar-refractivity contribution >= 4 is 39.4 Å². The summed E-state index contributed by atoms with van der Waals surface area (Å²) in [5.74, 6) is 0.397. The van der Waals surface area contributed by atoms with Crippen molar-refractivity contribution in [2.45, 2.75) is 19.3 Å². The Morgan fingerprint density at radius 3 is 2.21 bits per heavy atom. The molecule has 0 N–H and O–H groups in total. The molecular weight excluding hydrogens is 474 g/mol. The maximum Gasteiger partial charge on any atom is 0.0781 e. The lowest BCUT2D eigenvalue weighted by atomic mass is 9.83. The Morgan fingerprint density at radius 2 is 1.41 bits per heavy atom. The van der Waals surface area contributed by atoms with Crippen LogP contribution in [0.1, 0.15) is 18.4 Å². The van der Waals surface area contributed by atoms with Gasteiger partial charge in [-0.15, -0.1) is 0 Å². The Morgan fingerprint density at radius 1 is 0.692 bits per heavy atom. The number of benzene rings is 4. The molecular formula is C36H29N3. The highest BCUT2D eigenvalue weighted by atomic mass is 15.1. The minimum absolute atomic E-state index is 0.397. The average molecular weight is 504 g/mol. The van der Waals surface area contributed by atoms with E-state index in [0.717, 1.165) is 64.2 Å². The van der Waals surface area contributed by atoms with Crippen molar-refractivity contribution < 1.29 is 0 Å². The third-order valence-corrected chi connectivity index (χ3v) is 7.68. The lowest BCUT2D eigenvalue weighted by Crippen LogP contribution is -2.20. The van der Waals surface area contributed by atoms with Crippen molar-refractivity contribution in [3.8, 4) is 11.3 Å². The zero-order chi connectivity index (χ0) is 26.0. The summed E-state index contributed by atoms with van der Waals surface area (Å²) in [5.41, 5.74) is 10.00. The molecule has 0 spiro atoms. The molecule has 39 heavy (non-hydrogen) atoms. The second-order valence-electron chi connectivity index (χ2n) is 10.2. The van der Waals surface area contributed by atoms with Gasteiger partial charge in [0.25, 0.3) is 0 Å². The molecule has 1 aromatic heterocycles. The van der Waals surface area contributed by atoms with Gasteiger partial charge in [-0.2, -0.15) is 0 Å². The van der Waals surface area contributed by atoms with Gasteiger partial charge in [0.05, 0.1) is 16.9 Å². The van der Waals surface area contributed by atoms with Crippen LogP contribution in [0.15, 0.2) is 138 Å². The highest BCUT2D eigenvalue weighted by Gasteiger charge is 2.27. The molecule has 7 rings (SSSR count). The fourth-order valence-electron chi connectivity index (χ4n) is 5.81. The Labute approximate surface area is 229 Å². The number of anilines is 3. The third-order valence-electron chi connectivity index (χ3n) is 7.68. The maximum absolute atomic E-state index is 5.28. The van der Waals surface area contributed by atoms with Crippen molar-refractivity contribution in [1.29, 1.82) is 0 Å². The SMILES string of the molecule is C1=CCCC2Cc3c(-c4cccc(N(c5ccccc5)c5ccccc5)c4)nc4ccccc4c3N=C2C=C1. The topological polar surface area (TPSA) is 28.5 Å². The number of rotatable bonds is 4. The molecule has 188 valence electrons. The van der Waals surface area contributed by atoms with Crippen LogP contribution in [0.25, 0.3) is 22.2 Å². The number of allylic oxidation sites excluding steroid dienone is 4. The Bertz CT molecular complexity index is 1690. The highest BCUT2D eigenvalue weighted by molar-refractivity contribution is 6.06. The zero-order valence-electron chi connectivity index (χ0n) is 21.7. The van der Waals surface area contributed by atoms with Crippen LogP contribution in [-0.4, -0.2) is 10.7 Å². The van der Waals surface area contributed by atoms with E-state index in [0.29, 0.717) is 5.92 Å². The smallest absolute Gasteiger partial charge is 0.0781 e. The summed E-state index contributed by atoms with van der Waals surface area (Å²) in [7, 11) is 0. The van der Waals surface area contributed by atoms with E-state index in [1.165, 1.54) is 11.3 Å². The first-order valence-electron chi connectivity index (χ1n) is 13.7. The van der Waals surface area contributed by atoms with Crippen molar-refractivity contribution in [3.63, 3.8) is 0 Å². The first kappa shape index (κ1) is 23.4. The Balaban J connectivity index is 1.41. The van der Waals surface area contributed by atoms with Gasteiger partial charge < -0.3 is 4.90 Å². The molecule has 1 atom stereocenters. The van der Waals surface area contributed by atoms with Gasteiger partial charge in [-0.05, 0) is 67.8 Å². The lowest BCUT2D eigenvalue weighted by molar-refractivity contribution is 0.624. The van der Waals surface area contributed by atoms with Gasteiger partial charge in [0.15, 0.2) is 0 Å². The van der Waals surface area contributed by atoms with E-state index in [-0.39, 0.29) is 0 Å². The summed E-state index contributed by atoms with van der Waals surface area (Å²) in [6.07, 6.45) is 11.8. The monoisotopic (exact) mass is 503 g/mol. The molecule has 0 saturated heterocycles. The molecule has 1 unspecified atom stereocenters. The first-order valence-corrected chi connectivity index (χ1v) is 13.7. The summed E-state index contributed by atoms with van der Waals surface area (Å²) in [6, 6.07) is 38.3. The molecule has 0 bridgehead atoms. The molecule has 0 fully saturated rings. The van der Waals surface area contributed by atoms with Crippen molar-refractivity contribution in [2.24, 2.45) is 10.9 Å². The number of para-hydroxylation sites is 3. The summed E-state index contributed by atoms with van der Waals surface area (Å²) in [4.78, 5) is 12.9. The van der Waals surface area contributed by atoms with E-state index in [4.69, 9.17) is 9.98 Å². The van der Waals surface area contributed by atoms with Crippen LogP contribution < -0.4 is 4.90 Å². The van der Waals surface area contributed by atoms with Crippen LogP contribution in [0.2, 0.25) is 0 Å². The number of nitrogens with zero attached hydrogens (tertiary/aromatic N) is 3. The summed E-state index contributed by atoms with van der Waals surface area (Å²) < 4.78 is 0. The fraction of sp³-hybridized carbons (Fsp3) is 0.111. The number of hydrogen-bond donors (Lipinski definition) is 0. The average Bonchev–Trinajstić information content (AvgIpc) is 2.98. The van der Waals surface area contributed by atoms with Crippen LogP contribution in [0.3, 0.4) is 0 Å². The molecule has 1 aliphatic heterocycles. The van der Waals surface area contributed by atoms with E-state index in [1.807, 2.05) is 0 Å². The lowest BCUT2D eigenvalue weighted by Gasteiger charge is -2.28. The van der Waals surface area contributed by atoms with Gasteiger partial charge in [0.1, 0.15) is 0 Å². The molecule has 4 aromatic carbocycles. The van der Waals surface area contributed by atoms with Gasteiger partial charge in [0.2, 0.25) is 0 Å². The van der Waals surface area contributed by atoms with Crippen molar-refractivity contribution in [2.75, 3.05) is 4.90 Å². The molecule has 5 aromatic rings. The first-order chi connectivity index (χ1) is 19.3. The van der Waals surface area contributed by atoms with E-state index in [2.05, 4.69) is 138 Å². The molecule has 0 amide bonds. The van der Waals surface area contributed by atoms with E-state index < -0.39 is 0 Å². The zero-order valence-corrected chi connectivity index (χ0v) is 21.7. The Hall–Kier alpha value is -4.76. The van der Waals surface area contributed by atoms with Gasteiger partial charge in [-0.1, -0.05) is 85.0 Å². The molecule has 3 nitrogen and oxygen atoms in total. The standard InChI is InChI=1S/C36H29N3/c1-2-10-22-33-26(14-5-1)25-32-35(38-34-23-12-11-21-31(34)36(32)37-33)27-15-13-20-30(24-27)39(28-16-6-3-7-17-28)29-18-8-4-9-19-29/h1-4,6-13,15-24,26H,5,14,25H2. The van der Waals surface area contributed by atoms with E-state index >= 15 is 0 Å². The molecule has 1 aliphatic carbocycles. The molecule has 0 radical (unpaired) electrons. The minimum atomic E-state index is 0.397. The molecule has 2 aliphatic rings. The Kier molecular flexibility index (Phi) is 6.10. The van der Waals surface area contributed by atoms with Gasteiger partial charge >= 0.3 is 0 Å². The summed E-state index contributed by atoms with van der Waals surface area (Å²) in [5, 5.41) is 1.12. The normalized spacial score (nSPS) is 16.1. The second kappa shape index (κ2) is 10.2. The van der Waals surface area contributed by atoms with E-state index in [9.17, 15) is 0 Å². The number of fused-ring (bicyclic) bond motifs is 4. The number of pyridine rings is 1. The predicted octanol–water partition coefficient (Wildman–Crippen LogP) is 9.52. The highest BCUT2D eigenvalue weighted by Crippen LogP contribution is 2.43.